The number of nitrogens with zero attached hydrogens (tertiary/aromatic N) is 3. The molecule has 1 aliphatic heterocycles. The molecule has 1 aliphatic rings. The Hall–Kier alpha value is -0.920. The first-order chi connectivity index (χ1) is 9.27. The molecule has 1 aromatic heterocycles. The van der Waals surface area contributed by atoms with Gasteiger partial charge < -0.3 is 0 Å². The summed E-state index contributed by atoms with van der Waals surface area (Å²) in [5.74, 6) is 0.678. The second kappa shape index (κ2) is 5.83. The van der Waals surface area contributed by atoms with Crippen molar-refractivity contribution in [2.75, 3.05) is 19.3 Å². The zero-order valence-electron chi connectivity index (χ0n) is 11.5. The molecular weight excluding hydrogens is 302 g/mol. The summed E-state index contributed by atoms with van der Waals surface area (Å²) >= 11 is 5.74. The van der Waals surface area contributed by atoms with Gasteiger partial charge in [0, 0.05) is 25.7 Å². The van der Waals surface area contributed by atoms with Gasteiger partial charge in [-0.15, -0.1) is 0 Å². The average Bonchev–Trinajstić information content (AvgIpc) is 2.33. The summed E-state index contributed by atoms with van der Waals surface area (Å²) in [6.45, 7) is 3.21. The molecular formula is C12H18ClN3O3S. The van der Waals surface area contributed by atoms with Gasteiger partial charge in [0.25, 0.3) is 5.56 Å². The lowest BCUT2D eigenvalue weighted by molar-refractivity contribution is 0.243. The predicted octanol–water partition coefficient (Wildman–Crippen LogP) is 0.877. The van der Waals surface area contributed by atoms with Crippen molar-refractivity contribution in [3.63, 3.8) is 0 Å². The topological polar surface area (TPSA) is 72.3 Å². The van der Waals surface area contributed by atoms with Crippen molar-refractivity contribution < 1.29 is 8.42 Å². The number of aromatic nitrogens is 2. The van der Waals surface area contributed by atoms with Gasteiger partial charge in [0.1, 0.15) is 11.0 Å². The Morgan fingerprint density at radius 3 is 2.80 bits per heavy atom. The molecule has 6 nitrogen and oxygen atoms in total. The van der Waals surface area contributed by atoms with E-state index in [0.717, 1.165) is 12.8 Å². The van der Waals surface area contributed by atoms with Gasteiger partial charge in [-0.2, -0.15) is 0 Å². The predicted molar refractivity (Wildman–Crippen MR) is 77.4 cm³/mol. The molecule has 0 saturated carbocycles. The van der Waals surface area contributed by atoms with E-state index in [1.807, 2.05) is 0 Å². The van der Waals surface area contributed by atoms with Gasteiger partial charge in [-0.25, -0.2) is 17.7 Å². The zero-order chi connectivity index (χ0) is 14.9. The molecule has 112 valence electrons. The minimum absolute atomic E-state index is 0.123. The van der Waals surface area contributed by atoms with E-state index in [1.165, 1.54) is 16.6 Å². The smallest absolute Gasteiger partial charge is 0.254 e. The van der Waals surface area contributed by atoms with Gasteiger partial charge >= 0.3 is 0 Å². The molecule has 0 amide bonds. The Morgan fingerprint density at radius 2 is 2.20 bits per heavy atom. The van der Waals surface area contributed by atoms with Crippen molar-refractivity contribution in [1.29, 1.82) is 0 Å². The molecule has 8 heteroatoms. The fraction of sp³-hybridized carbons (Fsp3) is 0.667. The van der Waals surface area contributed by atoms with Crippen LogP contribution in [-0.2, 0) is 16.6 Å². The van der Waals surface area contributed by atoms with E-state index in [4.69, 9.17) is 11.6 Å². The van der Waals surface area contributed by atoms with Crippen LogP contribution in [0.1, 0.15) is 18.7 Å². The van der Waals surface area contributed by atoms with E-state index < -0.39 is 10.0 Å². The summed E-state index contributed by atoms with van der Waals surface area (Å²) in [6, 6.07) is 1.28. The molecule has 0 aliphatic carbocycles. The number of rotatable bonds is 3. The van der Waals surface area contributed by atoms with E-state index in [9.17, 15) is 13.2 Å². The third-order valence-electron chi connectivity index (χ3n) is 3.56. The minimum atomic E-state index is -3.17. The maximum absolute atomic E-state index is 11.9. The van der Waals surface area contributed by atoms with Gasteiger partial charge in [-0.05, 0) is 25.7 Å². The molecule has 1 saturated heterocycles. The first kappa shape index (κ1) is 15.5. The Bertz CT molecular complexity index is 656. The van der Waals surface area contributed by atoms with E-state index in [1.54, 1.807) is 11.5 Å². The SMILES string of the molecule is Cc1nc(Cl)cc(=O)n1CC1CCCN(S(C)(=O)=O)C1. The number of hydrogen-bond acceptors (Lipinski definition) is 4. The maximum Gasteiger partial charge on any atom is 0.254 e. The third kappa shape index (κ3) is 3.59. The molecule has 0 bridgehead atoms. The molecule has 1 atom stereocenters. The molecule has 2 rings (SSSR count). The monoisotopic (exact) mass is 319 g/mol. The fourth-order valence-electron chi connectivity index (χ4n) is 2.54. The fourth-order valence-corrected chi connectivity index (χ4v) is 3.70. The van der Waals surface area contributed by atoms with Crippen molar-refractivity contribution in [2.45, 2.75) is 26.3 Å². The minimum Gasteiger partial charge on any atom is -0.296 e. The van der Waals surface area contributed by atoms with Crippen LogP contribution in [0.2, 0.25) is 5.15 Å². The van der Waals surface area contributed by atoms with Crippen molar-refractivity contribution >= 4 is 21.6 Å². The van der Waals surface area contributed by atoms with Crippen molar-refractivity contribution in [3.8, 4) is 0 Å². The lowest BCUT2D eigenvalue weighted by Crippen LogP contribution is -2.41. The molecule has 2 heterocycles. The first-order valence-electron chi connectivity index (χ1n) is 6.46. The van der Waals surface area contributed by atoms with Crippen LogP contribution in [0.5, 0.6) is 0 Å². The molecule has 0 radical (unpaired) electrons. The van der Waals surface area contributed by atoms with Crippen molar-refractivity contribution in [1.82, 2.24) is 13.9 Å². The number of sulfonamides is 1. The van der Waals surface area contributed by atoms with Gasteiger partial charge in [0.15, 0.2) is 0 Å². The van der Waals surface area contributed by atoms with Gasteiger partial charge in [-0.3, -0.25) is 9.36 Å². The molecule has 1 unspecified atom stereocenters. The normalized spacial score (nSPS) is 21.1. The molecule has 0 aromatic carbocycles. The second-order valence-electron chi connectivity index (χ2n) is 5.20. The Morgan fingerprint density at radius 1 is 1.50 bits per heavy atom. The summed E-state index contributed by atoms with van der Waals surface area (Å²) in [5.41, 5.74) is -0.195. The van der Waals surface area contributed by atoms with E-state index in [0.29, 0.717) is 25.5 Å². The summed E-state index contributed by atoms with van der Waals surface area (Å²) in [7, 11) is -3.17. The number of hydrogen-bond donors (Lipinski definition) is 0. The number of piperidine rings is 1. The number of halogens is 1. The highest BCUT2D eigenvalue weighted by molar-refractivity contribution is 7.88. The third-order valence-corrected chi connectivity index (χ3v) is 5.02. The van der Waals surface area contributed by atoms with Crippen LogP contribution < -0.4 is 5.56 Å². The van der Waals surface area contributed by atoms with Crippen molar-refractivity contribution in [2.24, 2.45) is 5.92 Å². The summed E-state index contributed by atoms with van der Waals surface area (Å²) in [4.78, 5) is 16.0. The zero-order valence-corrected chi connectivity index (χ0v) is 13.1. The van der Waals surface area contributed by atoms with Crippen LogP contribution in [0.3, 0.4) is 0 Å². The molecule has 0 N–H and O–H groups in total. The number of aryl methyl sites for hydroxylation is 1. The molecule has 1 aromatic rings. The standard InChI is InChI=1S/C12H18ClN3O3S/c1-9-14-11(13)6-12(17)16(9)8-10-4-3-5-15(7-10)20(2,18)19/h6,10H,3-5,7-8H2,1-2H3. The Balaban J connectivity index is 2.17. The van der Waals surface area contributed by atoms with E-state index >= 15 is 0 Å². The maximum atomic E-state index is 11.9. The van der Waals surface area contributed by atoms with Gasteiger partial charge in [-0.1, -0.05) is 11.6 Å². The lowest BCUT2D eigenvalue weighted by Gasteiger charge is -2.31. The lowest BCUT2D eigenvalue weighted by atomic mass is 9.99. The summed E-state index contributed by atoms with van der Waals surface area (Å²) in [6.07, 6.45) is 2.93. The Labute approximate surface area is 123 Å². The first-order valence-corrected chi connectivity index (χ1v) is 8.69. The van der Waals surface area contributed by atoms with E-state index in [-0.39, 0.29) is 16.6 Å². The highest BCUT2D eigenvalue weighted by Crippen LogP contribution is 2.20. The van der Waals surface area contributed by atoms with Gasteiger partial charge in [0.2, 0.25) is 10.0 Å². The van der Waals surface area contributed by atoms with Crippen LogP contribution in [-0.4, -0.2) is 41.6 Å². The van der Waals surface area contributed by atoms with Crippen LogP contribution in [0.25, 0.3) is 0 Å². The van der Waals surface area contributed by atoms with Crippen molar-refractivity contribution in [3.05, 3.63) is 27.4 Å². The Kier molecular flexibility index (Phi) is 4.51. The van der Waals surface area contributed by atoms with Crippen LogP contribution >= 0.6 is 11.6 Å². The highest BCUT2D eigenvalue weighted by atomic mass is 35.5. The largest absolute Gasteiger partial charge is 0.296 e. The van der Waals surface area contributed by atoms with Crippen LogP contribution in [0.4, 0.5) is 0 Å². The average molecular weight is 320 g/mol. The molecule has 0 spiro atoms. The van der Waals surface area contributed by atoms with Crippen LogP contribution in [0, 0.1) is 12.8 Å². The summed E-state index contributed by atoms with van der Waals surface area (Å²) in [5, 5.41) is 0.185. The molecule has 1 fully saturated rings. The summed E-state index contributed by atoms with van der Waals surface area (Å²) < 4.78 is 26.2. The highest BCUT2D eigenvalue weighted by Gasteiger charge is 2.26. The quantitative estimate of drug-likeness (QED) is 0.775. The molecule has 20 heavy (non-hydrogen) atoms. The second-order valence-corrected chi connectivity index (χ2v) is 7.57. The van der Waals surface area contributed by atoms with Crippen LogP contribution in [0.15, 0.2) is 10.9 Å². The van der Waals surface area contributed by atoms with E-state index in [2.05, 4.69) is 4.98 Å². The van der Waals surface area contributed by atoms with Gasteiger partial charge in [0.05, 0.1) is 6.26 Å².